The minimum atomic E-state index is -0.787. The van der Waals surface area contributed by atoms with Gasteiger partial charge in [0.2, 0.25) is 5.78 Å². The molecule has 0 aliphatic carbocycles. The molecule has 0 spiro atoms. The Balaban J connectivity index is 2.80. The van der Waals surface area contributed by atoms with Crippen LogP contribution in [-0.4, -0.2) is 18.9 Å². The van der Waals surface area contributed by atoms with Crippen molar-refractivity contribution in [3.8, 4) is 11.8 Å². The molecule has 0 unspecified atom stereocenters. The fraction of sp³-hybridized carbons (Fsp3) is 0.0909. The van der Waals surface area contributed by atoms with Crippen molar-refractivity contribution in [1.82, 2.24) is 0 Å². The number of rotatable bonds is 1. The smallest absolute Gasteiger partial charge is 0.384 e. The Labute approximate surface area is 85.9 Å². The Kier molecular flexibility index (Phi) is 3.58. The van der Waals surface area contributed by atoms with Gasteiger partial charge in [-0.25, -0.2) is 9.18 Å². The van der Waals surface area contributed by atoms with E-state index in [4.69, 9.17) is 0 Å². The van der Waals surface area contributed by atoms with Crippen molar-refractivity contribution < 1.29 is 18.7 Å². The zero-order valence-electron chi connectivity index (χ0n) is 7.91. The lowest BCUT2D eigenvalue weighted by molar-refractivity contribution is -0.133. The molecule has 0 heterocycles. The Morgan fingerprint density at radius 1 is 1.20 bits per heavy atom. The molecule has 1 aromatic carbocycles. The van der Waals surface area contributed by atoms with E-state index in [1.807, 2.05) is 5.92 Å². The molecule has 0 N–H and O–H groups in total. The van der Waals surface area contributed by atoms with Crippen LogP contribution in [0, 0.1) is 17.7 Å². The molecule has 3 nitrogen and oxygen atoms in total. The third-order valence-corrected chi connectivity index (χ3v) is 1.57. The van der Waals surface area contributed by atoms with Crippen LogP contribution < -0.4 is 0 Å². The third kappa shape index (κ3) is 3.24. The van der Waals surface area contributed by atoms with E-state index < -0.39 is 17.6 Å². The fourth-order valence-corrected chi connectivity index (χ4v) is 0.832. The normalized spacial score (nSPS) is 8.67. The summed E-state index contributed by atoms with van der Waals surface area (Å²) in [7, 11) is 1.17. The van der Waals surface area contributed by atoms with Gasteiger partial charge in [-0.1, -0.05) is 0 Å². The van der Waals surface area contributed by atoms with E-state index in [0.717, 1.165) is 12.1 Å². The first-order valence-corrected chi connectivity index (χ1v) is 4.03. The van der Waals surface area contributed by atoms with Gasteiger partial charge in [0.15, 0.2) is 0 Å². The molecule has 0 radical (unpaired) electrons. The molecule has 1 rings (SSSR count). The first-order valence-electron chi connectivity index (χ1n) is 4.03. The molecule has 0 bridgehead atoms. The lowest BCUT2D eigenvalue weighted by atomic mass is 10.1. The Morgan fingerprint density at radius 3 is 2.33 bits per heavy atom. The fourth-order valence-electron chi connectivity index (χ4n) is 0.832. The molecule has 1 aromatic rings. The van der Waals surface area contributed by atoms with Gasteiger partial charge in [-0.2, -0.15) is 0 Å². The predicted octanol–water partition coefficient (Wildman–Crippen LogP) is 1.18. The highest BCUT2D eigenvalue weighted by Gasteiger charge is 2.02. The van der Waals surface area contributed by atoms with Crippen LogP contribution in [0.15, 0.2) is 24.3 Å². The molecule has 0 saturated carbocycles. The molecule has 0 atom stereocenters. The van der Waals surface area contributed by atoms with Crippen molar-refractivity contribution in [3.63, 3.8) is 0 Å². The van der Waals surface area contributed by atoms with Crippen molar-refractivity contribution in [2.75, 3.05) is 7.11 Å². The van der Waals surface area contributed by atoms with Crippen LogP contribution in [0.1, 0.15) is 10.4 Å². The van der Waals surface area contributed by atoms with Crippen molar-refractivity contribution >= 4 is 11.8 Å². The van der Waals surface area contributed by atoms with Gasteiger partial charge in [-0.05, 0) is 30.2 Å². The molecular weight excluding hydrogens is 199 g/mol. The van der Waals surface area contributed by atoms with E-state index in [1.54, 1.807) is 0 Å². The number of ether oxygens (including phenoxy) is 1. The molecule has 0 amide bonds. The Hall–Kier alpha value is -2.15. The SMILES string of the molecule is COC(=O)C#CC(=O)c1ccc(F)cc1. The summed E-state index contributed by atoms with van der Waals surface area (Å²) in [4.78, 5) is 21.9. The summed E-state index contributed by atoms with van der Waals surface area (Å²) >= 11 is 0. The molecule has 0 aromatic heterocycles. The van der Waals surface area contributed by atoms with E-state index in [0.29, 0.717) is 0 Å². The van der Waals surface area contributed by atoms with Gasteiger partial charge in [-0.15, -0.1) is 0 Å². The summed E-state index contributed by atoms with van der Waals surface area (Å²) in [5.41, 5.74) is 0.229. The van der Waals surface area contributed by atoms with E-state index in [1.165, 1.54) is 19.2 Å². The monoisotopic (exact) mass is 206 g/mol. The molecule has 0 aliphatic heterocycles. The van der Waals surface area contributed by atoms with E-state index >= 15 is 0 Å². The van der Waals surface area contributed by atoms with Crippen molar-refractivity contribution in [3.05, 3.63) is 35.6 Å². The van der Waals surface area contributed by atoms with Crippen LogP contribution in [0.5, 0.6) is 0 Å². The van der Waals surface area contributed by atoms with Crippen molar-refractivity contribution in [1.29, 1.82) is 0 Å². The van der Waals surface area contributed by atoms with Gasteiger partial charge in [0.05, 0.1) is 7.11 Å². The number of benzene rings is 1. The average molecular weight is 206 g/mol. The summed E-state index contributed by atoms with van der Waals surface area (Å²) < 4.78 is 16.7. The second-order valence-corrected chi connectivity index (χ2v) is 2.58. The van der Waals surface area contributed by atoms with Gasteiger partial charge in [0, 0.05) is 11.5 Å². The number of Topliss-reactive ketones (excluding diaryl/α,β-unsaturated/α-hetero) is 1. The number of carbonyl (C=O) groups is 2. The zero-order valence-corrected chi connectivity index (χ0v) is 7.91. The largest absolute Gasteiger partial charge is 0.459 e. The van der Waals surface area contributed by atoms with E-state index in [-0.39, 0.29) is 5.56 Å². The van der Waals surface area contributed by atoms with Crippen LogP contribution in [0.25, 0.3) is 0 Å². The highest BCUT2D eigenvalue weighted by atomic mass is 19.1. The quantitative estimate of drug-likeness (QED) is 0.228. The lowest BCUT2D eigenvalue weighted by Crippen LogP contribution is -1.99. The van der Waals surface area contributed by atoms with Crippen LogP contribution >= 0.6 is 0 Å². The van der Waals surface area contributed by atoms with Crippen molar-refractivity contribution in [2.24, 2.45) is 0 Å². The maximum atomic E-state index is 12.5. The van der Waals surface area contributed by atoms with Crippen LogP contribution in [0.3, 0.4) is 0 Å². The number of hydrogen-bond donors (Lipinski definition) is 0. The van der Waals surface area contributed by atoms with Gasteiger partial charge >= 0.3 is 5.97 Å². The second kappa shape index (κ2) is 4.91. The molecular formula is C11H7FO3. The van der Waals surface area contributed by atoms with Gasteiger partial charge in [0.1, 0.15) is 5.82 Å². The average Bonchev–Trinajstić information content (AvgIpc) is 2.26. The number of halogens is 1. The summed E-state index contributed by atoms with van der Waals surface area (Å²) in [5.74, 6) is 2.29. The highest BCUT2D eigenvalue weighted by molar-refractivity contribution is 6.11. The highest BCUT2D eigenvalue weighted by Crippen LogP contribution is 2.02. The Morgan fingerprint density at radius 2 is 1.80 bits per heavy atom. The molecule has 0 aliphatic rings. The maximum Gasteiger partial charge on any atom is 0.384 e. The van der Waals surface area contributed by atoms with Crippen LogP contribution in [0.4, 0.5) is 4.39 Å². The molecule has 4 heteroatoms. The second-order valence-electron chi connectivity index (χ2n) is 2.58. The molecule has 0 fully saturated rings. The van der Waals surface area contributed by atoms with Crippen LogP contribution in [-0.2, 0) is 9.53 Å². The third-order valence-electron chi connectivity index (χ3n) is 1.57. The maximum absolute atomic E-state index is 12.5. The van der Waals surface area contributed by atoms with Gasteiger partial charge < -0.3 is 4.74 Å². The molecule has 15 heavy (non-hydrogen) atoms. The molecule has 0 saturated heterocycles. The number of esters is 1. The lowest BCUT2D eigenvalue weighted by Gasteiger charge is -1.92. The van der Waals surface area contributed by atoms with E-state index in [9.17, 15) is 14.0 Å². The number of ketones is 1. The Bertz CT molecular complexity index is 437. The van der Waals surface area contributed by atoms with Gasteiger partial charge in [0.25, 0.3) is 0 Å². The number of carbonyl (C=O) groups excluding carboxylic acids is 2. The molecule has 76 valence electrons. The first kappa shape index (κ1) is 10.9. The van der Waals surface area contributed by atoms with Crippen molar-refractivity contribution in [2.45, 2.75) is 0 Å². The van der Waals surface area contributed by atoms with Gasteiger partial charge in [-0.3, -0.25) is 4.79 Å². The summed E-state index contributed by atoms with van der Waals surface area (Å²) in [6.07, 6.45) is 0. The predicted molar refractivity (Wildman–Crippen MR) is 50.5 cm³/mol. The number of methoxy groups -OCH3 is 1. The summed E-state index contributed by atoms with van der Waals surface area (Å²) in [6.45, 7) is 0. The summed E-state index contributed by atoms with van der Waals surface area (Å²) in [5, 5.41) is 0. The minimum absolute atomic E-state index is 0.229. The minimum Gasteiger partial charge on any atom is -0.459 e. The topological polar surface area (TPSA) is 43.4 Å². The number of hydrogen-bond acceptors (Lipinski definition) is 3. The first-order chi connectivity index (χ1) is 7.13. The van der Waals surface area contributed by atoms with Crippen LogP contribution in [0.2, 0.25) is 0 Å². The standard InChI is InChI=1S/C11H7FO3/c1-15-11(14)7-6-10(13)8-2-4-9(12)5-3-8/h2-5H,1H3. The zero-order chi connectivity index (χ0) is 11.3. The summed E-state index contributed by atoms with van der Waals surface area (Å²) in [6, 6.07) is 4.88. The van der Waals surface area contributed by atoms with E-state index in [2.05, 4.69) is 10.7 Å².